The van der Waals surface area contributed by atoms with Crippen LogP contribution in [0.4, 0.5) is 10.8 Å². The maximum absolute atomic E-state index is 13.2. The molecule has 1 unspecified atom stereocenters. The number of rotatable bonds is 6. The van der Waals surface area contributed by atoms with Crippen molar-refractivity contribution in [3.05, 3.63) is 60.2 Å². The van der Waals surface area contributed by atoms with Gasteiger partial charge in [-0.1, -0.05) is 65.6 Å². The lowest BCUT2D eigenvalue weighted by molar-refractivity contribution is -0.122. The fourth-order valence-corrected chi connectivity index (χ4v) is 5.75. The van der Waals surface area contributed by atoms with Crippen molar-refractivity contribution in [2.24, 2.45) is 0 Å². The average molecular weight is 463 g/mol. The van der Waals surface area contributed by atoms with Crippen molar-refractivity contribution < 1.29 is 17.9 Å². The van der Waals surface area contributed by atoms with E-state index in [0.29, 0.717) is 26.5 Å². The van der Waals surface area contributed by atoms with E-state index < -0.39 is 22.0 Å². The highest BCUT2D eigenvalue weighted by Gasteiger charge is 2.37. The molecule has 0 aliphatic carbocycles. The standard InChI is InChI=1S/C19H18N4O4S3/c1-28-19-22-21-18(29-19)20-17(24)16-11-23(14-9-5-6-10-15(14)27-16)30(25,26)12-13-7-3-2-4-8-13/h2-10,16H,11-12H2,1H3,(H,20,21,24). The third-order valence-corrected chi connectivity index (χ3v) is 7.90. The number of nitrogens with zero attached hydrogens (tertiary/aromatic N) is 3. The molecule has 2 heterocycles. The van der Waals surface area contributed by atoms with Gasteiger partial charge in [0.2, 0.25) is 15.2 Å². The summed E-state index contributed by atoms with van der Waals surface area (Å²) in [6.07, 6.45) is 0.843. The number of hydrogen-bond acceptors (Lipinski definition) is 8. The summed E-state index contributed by atoms with van der Waals surface area (Å²) in [5.74, 6) is -0.319. The first-order chi connectivity index (χ1) is 14.5. The second kappa shape index (κ2) is 8.62. The van der Waals surface area contributed by atoms with E-state index >= 15 is 0 Å². The molecule has 0 fully saturated rings. The predicted octanol–water partition coefficient (Wildman–Crippen LogP) is 3.00. The Morgan fingerprint density at radius 3 is 2.67 bits per heavy atom. The van der Waals surface area contributed by atoms with Gasteiger partial charge in [-0.05, 0) is 24.0 Å². The van der Waals surface area contributed by atoms with Crippen LogP contribution in [-0.2, 0) is 20.6 Å². The van der Waals surface area contributed by atoms with Crippen LogP contribution in [0, 0.1) is 0 Å². The molecule has 2 aromatic carbocycles. The Labute approximate surface area is 182 Å². The van der Waals surface area contributed by atoms with Crippen molar-refractivity contribution in [2.75, 3.05) is 22.4 Å². The number of aromatic nitrogens is 2. The predicted molar refractivity (Wildman–Crippen MR) is 118 cm³/mol. The lowest BCUT2D eigenvalue weighted by Crippen LogP contribution is -2.49. The van der Waals surface area contributed by atoms with Crippen molar-refractivity contribution in [3.63, 3.8) is 0 Å². The minimum absolute atomic E-state index is 0.133. The number of hydrogen-bond donors (Lipinski definition) is 1. The van der Waals surface area contributed by atoms with Crippen molar-refractivity contribution >= 4 is 49.8 Å². The zero-order valence-corrected chi connectivity index (χ0v) is 18.3. The maximum Gasteiger partial charge on any atom is 0.269 e. The smallest absolute Gasteiger partial charge is 0.269 e. The molecule has 0 saturated carbocycles. The molecular weight excluding hydrogens is 444 g/mol. The number of para-hydroxylation sites is 2. The molecular formula is C19H18N4O4S3. The number of carbonyl (C=O) groups is 1. The van der Waals surface area contributed by atoms with Crippen LogP contribution < -0.4 is 14.4 Å². The molecule has 8 nitrogen and oxygen atoms in total. The summed E-state index contributed by atoms with van der Waals surface area (Å²) >= 11 is 2.66. The lowest BCUT2D eigenvalue weighted by Gasteiger charge is -2.34. The van der Waals surface area contributed by atoms with Gasteiger partial charge in [0.25, 0.3) is 5.91 Å². The molecule has 1 aliphatic rings. The first kappa shape index (κ1) is 20.6. The van der Waals surface area contributed by atoms with E-state index in [-0.39, 0.29) is 12.3 Å². The summed E-state index contributed by atoms with van der Waals surface area (Å²) in [5.41, 5.74) is 1.08. The summed E-state index contributed by atoms with van der Waals surface area (Å²) < 4.78 is 34.2. The second-order valence-electron chi connectivity index (χ2n) is 6.41. The highest BCUT2D eigenvalue weighted by molar-refractivity contribution is 8.00. The number of sulfonamides is 1. The number of benzene rings is 2. The zero-order chi connectivity index (χ0) is 21.1. The largest absolute Gasteiger partial charge is 0.476 e. The van der Waals surface area contributed by atoms with Crippen LogP contribution in [0.1, 0.15) is 5.56 Å². The summed E-state index contributed by atoms with van der Waals surface area (Å²) in [6, 6.07) is 15.7. The van der Waals surface area contributed by atoms with Crippen LogP contribution in [0.2, 0.25) is 0 Å². The third-order valence-electron chi connectivity index (χ3n) is 4.37. The number of anilines is 2. The summed E-state index contributed by atoms with van der Waals surface area (Å²) in [4.78, 5) is 12.8. The highest BCUT2D eigenvalue weighted by Crippen LogP contribution is 2.36. The molecule has 1 atom stereocenters. The molecule has 0 spiro atoms. The van der Waals surface area contributed by atoms with Gasteiger partial charge < -0.3 is 4.74 Å². The van der Waals surface area contributed by atoms with Gasteiger partial charge in [-0.3, -0.25) is 14.4 Å². The summed E-state index contributed by atoms with van der Waals surface area (Å²) in [5, 5.41) is 10.9. The second-order valence-corrected chi connectivity index (χ2v) is 10.3. The van der Waals surface area contributed by atoms with Crippen molar-refractivity contribution in [1.82, 2.24) is 10.2 Å². The van der Waals surface area contributed by atoms with Crippen LogP contribution in [0.5, 0.6) is 5.75 Å². The Kier molecular flexibility index (Phi) is 5.93. The quantitative estimate of drug-likeness (QED) is 0.444. The molecule has 0 bridgehead atoms. The third kappa shape index (κ3) is 4.42. The Balaban J connectivity index is 1.59. The Bertz CT molecular complexity index is 1150. The topological polar surface area (TPSA) is 101 Å². The van der Waals surface area contributed by atoms with Crippen molar-refractivity contribution in [2.45, 2.75) is 16.2 Å². The van der Waals surface area contributed by atoms with Gasteiger partial charge in [0.1, 0.15) is 5.75 Å². The summed E-state index contributed by atoms with van der Waals surface area (Å²) in [7, 11) is -3.74. The fourth-order valence-electron chi connectivity index (χ4n) is 2.99. The molecule has 1 aliphatic heterocycles. The minimum Gasteiger partial charge on any atom is -0.476 e. The monoisotopic (exact) mass is 462 g/mol. The molecule has 30 heavy (non-hydrogen) atoms. The molecule has 1 aromatic heterocycles. The maximum atomic E-state index is 13.2. The normalized spacial score (nSPS) is 15.9. The molecule has 3 aromatic rings. The molecule has 1 N–H and O–H groups in total. The Morgan fingerprint density at radius 1 is 1.20 bits per heavy atom. The van der Waals surface area contributed by atoms with Crippen LogP contribution in [0.15, 0.2) is 58.9 Å². The molecule has 156 valence electrons. The number of ether oxygens (including phenoxy) is 1. The van der Waals surface area contributed by atoms with Crippen LogP contribution in [-0.4, -0.2) is 43.4 Å². The van der Waals surface area contributed by atoms with E-state index in [9.17, 15) is 13.2 Å². The van der Waals surface area contributed by atoms with Crippen LogP contribution >= 0.6 is 23.1 Å². The van der Waals surface area contributed by atoms with E-state index in [4.69, 9.17) is 4.74 Å². The average Bonchev–Trinajstić information content (AvgIpc) is 3.21. The van der Waals surface area contributed by atoms with Gasteiger partial charge in [-0.25, -0.2) is 8.42 Å². The molecule has 4 rings (SSSR count). The number of fused-ring (bicyclic) bond motifs is 1. The Morgan fingerprint density at radius 2 is 1.93 bits per heavy atom. The van der Waals surface area contributed by atoms with Crippen molar-refractivity contribution in [1.29, 1.82) is 0 Å². The molecule has 0 radical (unpaired) electrons. The van der Waals surface area contributed by atoms with E-state index in [2.05, 4.69) is 15.5 Å². The number of nitrogens with one attached hydrogen (secondary N) is 1. The minimum atomic E-state index is -3.74. The highest BCUT2D eigenvalue weighted by atomic mass is 32.2. The first-order valence-electron chi connectivity index (χ1n) is 8.94. The lowest BCUT2D eigenvalue weighted by atomic mass is 10.2. The van der Waals surface area contributed by atoms with Crippen molar-refractivity contribution in [3.8, 4) is 5.75 Å². The van der Waals surface area contributed by atoms with Gasteiger partial charge in [-0.15, -0.1) is 10.2 Å². The Hall–Kier alpha value is -2.63. The van der Waals surface area contributed by atoms with Gasteiger partial charge in [-0.2, -0.15) is 0 Å². The molecule has 1 amide bonds. The van der Waals surface area contributed by atoms with Crippen LogP contribution in [0.25, 0.3) is 0 Å². The molecule has 11 heteroatoms. The van der Waals surface area contributed by atoms with E-state index in [1.54, 1.807) is 48.5 Å². The van der Waals surface area contributed by atoms with Gasteiger partial charge in [0.05, 0.1) is 18.0 Å². The summed E-state index contributed by atoms with van der Waals surface area (Å²) in [6.45, 7) is -0.133. The fraction of sp³-hybridized carbons (Fsp3) is 0.211. The number of carbonyl (C=O) groups excluding carboxylic acids is 1. The van der Waals surface area contributed by atoms with Gasteiger partial charge >= 0.3 is 0 Å². The number of amides is 1. The van der Waals surface area contributed by atoms with E-state index in [1.165, 1.54) is 27.4 Å². The molecule has 0 saturated heterocycles. The van der Waals surface area contributed by atoms with E-state index in [0.717, 1.165) is 0 Å². The van der Waals surface area contributed by atoms with Crippen LogP contribution in [0.3, 0.4) is 0 Å². The van der Waals surface area contributed by atoms with Gasteiger partial charge in [0.15, 0.2) is 10.4 Å². The first-order valence-corrected chi connectivity index (χ1v) is 12.6. The number of thioether (sulfide) groups is 1. The van der Waals surface area contributed by atoms with Gasteiger partial charge in [0, 0.05) is 0 Å². The van der Waals surface area contributed by atoms with E-state index in [1.807, 2.05) is 12.3 Å². The SMILES string of the molecule is CSc1nnc(NC(=O)C2CN(S(=O)(=O)Cc3ccccc3)c3ccccc3O2)s1. The zero-order valence-electron chi connectivity index (χ0n) is 15.9.